The Morgan fingerprint density at radius 2 is 1.89 bits per heavy atom. The van der Waals surface area contributed by atoms with Crippen LogP contribution in [0.2, 0.25) is 0 Å². The van der Waals surface area contributed by atoms with Crippen molar-refractivity contribution in [2.24, 2.45) is 4.99 Å². The van der Waals surface area contributed by atoms with Crippen molar-refractivity contribution >= 4 is 17.2 Å². The lowest BCUT2D eigenvalue weighted by molar-refractivity contribution is 0.101. The second kappa shape index (κ2) is 13.8. The molecule has 0 bridgehead atoms. The Morgan fingerprint density at radius 3 is 2.66 bits per heavy atom. The van der Waals surface area contributed by atoms with Gasteiger partial charge in [-0.2, -0.15) is 0 Å². The fourth-order valence-corrected chi connectivity index (χ4v) is 3.95. The van der Waals surface area contributed by atoms with E-state index in [2.05, 4.69) is 21.9 Å². The van der Waals surface area contributed by atoms with Crippen LogP contribution in [0.4, 0.5) is 0 Å². The summed E-state index contributed by atoms with van der Waals surface area (Å²) in [7, 11) is 0. The SMILES string of the molecule is C=C/C=C(\N=C/C)C(NCCOCCOc1ccc(-c2cc(=O)c3ccccc3o2)cc1)c1ccccn1. The molecule has 0 aliphatic carbocycles. The summed E-state index contributed by atoms with van der Waals surface area (Å²) in [6.07, 6.45) is 7.12. The number of para-hydroxylation sites is 1. The highest BCUT2D eigenvalue weighted by Crippen LogP contribution is 2.24. The Hall–Kier alpha value is -4.33. The van der Waals surface area contributed by atoms with E-state index in [1.807, 2.05) is 67.6 Å². The van der Waals surface area contributed by atoms with Crippen molar-refractivity contribution in [2.75, 3.05) is 26.4 Å². The van der Waals surface area contributed by atoms with Crippen molar-refractivity contribution < 1.29 is 13.9 Å². The summed E-state index contributed by atoms with van der Waals surface area (Å²) in [6.45, 7) is 7.65. The zero-order valence-corrected chi connectivity index (χ0v) is 21.4. The number of pyridine rings is 1. The number of rotatable bonds is 13. The molecule has 0 fully saturated rings. The molecular formula is C31H31N3O4. The molecule has 1 N–H and O–H groups in total. The number of aromatic nitrogens is 1. The molecule has 0 amide bonds. The molecule has 4 aromatic rings. The highest BCUT2D eigenvalue weighted by Gasteiger charge is 2.16. The van der Waals surface area contributed by atoms with Gasteiger partial charge in [0.05, 0.1) is 36.0 Å². The average Bonchev–Trinajstić information content (AvgIpc) is 2.95. The number of hydrogen-bond donors (Lipinski definition) is 1. The first kappa shape index (κ1) is 26.7. The molecule has 0 saturated heterocycles. The van der Waals surface area contributed by atoms with Crippen LogP contribution in [-0.4, -0.2) is 37.6 Å². The number of nitrogens with one attached hydrogen (secondary N) is 1. The van der Waals surface area contributed by atoms with Crippen LogP contribution >= 0.6 is 0 Å². The molecule has 0 saturated carbocycles. The minimum Gasteiger partial charge on any atom is -0.491 e. The summed E-state index contributed by atoms with van der Waals surface area (Å²) in [6, 6.07) is 21.8. The molecule has 1 unspecified atom stereocenters. The van der Waals surface area contributed by atoms with E-state index in [0.717, 1.165) is 17.0 Å². The van der Waals surface area contributed by atoms with E-state index in [0.29, 0.717) is 48.8 Å². The van der Waals surface area contributed by atoms with Crippen molar-refractivity contribution in [2.45, 2.75) is 13.0 Å². The van der Waals surface area contributed by atoms with Gasteiger partial charge in [-0.1, -0.05) is 30.9 Å². The van der Waals surface area contributed by atoms with Crippen LogP contribution in [-0.2, 0) is 4.74 Å². The summed E-state index contributed by atoms with van der Waals surface area (Å²) >= 11 is 0. The van der Waals surface area contributed by atoms with Crippen LogP contribution in [0.5, 0.6) is 5.75 Å². The zero-order valence-electron chi connectivity index (χ0n) is 21.4. The van der Waals surface area contributed by atoms with Gasteiger partial charge in [0.2, 0.25) is 0 Å². The van der Waals surface area contributed by atoms with Crippen molar-refractivity contribution in [3.63, 3.8) is 0 Å². The summed E-state index contributed by atoms with van der Waals surface area (Å²) in [4.78, 5) is 21.3. The van der Waals surface area contributed by atoms with Gasteiger partial charge in [0.1, 0.15) is 23.7 Å². The van der Waals surface area contributed by atoms with Crippen LogP contribution in [0, 0.1) is 0 Å². The lowest BCUT2D eigenvalue weighted by atomic mass is 10.1. The van der Waals surface area contributed by atoms with Crippen molar-refractivity contribution in [3.8, 4) is 17.1 Å². The molecule has 0 spiro atoms. The first-order valence-electron chi connectivity index (χ1n) is 12.5. The maximum atomic E-state index is 12.4. The molecule has 2 heterocycles. The second-order valence-corrected chi connectivity index (χ2v) is 8.31. The van der Waals surface area contributed by atoms with Crippen LogP contribution in [0.3, 0.4) is 0 Å². The molecule has 7 nitrogen and oxygen atoms in total. The summed E-state index contributed by atoms with van der Waals surface area (Å²) in [5, 5.41) is 4.03. The Labute approximate surface area is 222 Å². The van der Waals surface area contributed by atoms with E-state index in [-0.39, 0.29) is 11.5 Å². The van der Waals surface area contributed by atoms with Crippen LogP contribution in [0.15, 0.2) is 118 Å². The number of hydrogen-bond acceptors (Lipinski definition) is 7. The van der Waals surface area contributed by atoms with Crippen molar-refractivity contribution in [1.82, 2.24) is 10.3 Å². The normalized spacial score (nSPS) is 12.6. The molecule has 194 valence electrons. The Balaban J connectivity index is 1.24. The van der Waals surface area contributed by atoms with Gasteiger partial charge in [-0.25, -0.2) is 0 Å². The number of fused-ring (bicyclic) bond motifs is 1. The van der Waals surface area contributed by atoms with Crippen LogP contribution in [0.25, 0.3) is 22.3 Å². The first-order valence-corrected chi connectivity index (χ1v) is 12.5. The highest BCUT2D eigenvalue weighted by atomic mass is 16.5. The van der Waals surface area contributed by atoms with Gasteiger partial charge in [0, 0.05) is 30.6 Å². The Bertz CT molecular complexity index is 1440. The van der Waals surface area contributed by atoms with E-state index < -0.39 is 0 Å². The fourth-order valence-electron chi connectivity index (χ4n) is 3.95. The lowest BCUT2D eigenvalue weighted by Gasteiger charge is -2.19. The maximum absolute atomic E-state index is 12.4. The van der Waals surface area contributed by atoms with Crippen molar-refractivity contribution in [3.05, 3.63) is 119 Å². The maximum Gasteiger partial charge on any atom is 0.193 e. The molecule has 38 heavy (non-hydrogen) atoms. The third-order valence-corrected chi connectivity index (χ3v) is 5.71. The Kier molecular flexibility index (Phi) is 9.73. The fraction of sp³-hybridized carbons (Fsp3) is 0.194. The monoisotopic (exact) mass is 509 g/mol. The molecule has 0 aliphatic rings. The molecule has 2 aromatic heterocycles. The largest absolute Gasteiger partial charge is 0.491 e. The third-order valence-electron chi connectivity index (χ3n) is 5.71. The number of aliphatic imine (C=N–C) groups is 1. The molecule has 1 atom stereocenters. The van der Waals surface area contributed by atoms with E-state index in [1.165, 1.54) is 6.07 Å². The minimum atomic E-state index is -0.171. The van der Waals surface area contributed by atoms with Gasteiger partial charge in [0.25, 0.3) is 0 Å². The molecule has 0 radical (unpaired) electrons. The molecule has 4 rings (SSSR count). The van der Waals surface area contributed by atoms with Gasteiger partial charge >= 0.3 is 0 Å². The van der Waals surface area contributed by atoms with Gasteiger partial charge in [-0.05, 0) is 61.5 Å². The van der Waals surface area contributed by atoms with Gasteiger partial charge < -0.3 is 19.2 Å². The quantitative estimate of drug-likeness (QED) is 0.140. The average molecular weight is 510 g/mol. The second-order valence-electron chi connectivity index (χ2n) is 8.31. The van der Waals surface area contributed by atoms with Crippen LogP contribution in [0.1, 0.15) is 18.7 Å². The molecular weight excluding hydrogens is 478 g/mol. The summed E-state index contributed by atoms with van der Waals surface area (Å²) in [5.74, 6) is 1.24. The van der Waals surface area contributed by atoms with E-state index >= 15 is 0 Å². The molecule has 0 aliphatic heterocycles. The lowest BCUT2D eigenvalue weighted by Crippen LogP contribution is -2.27. The Morgan fingerprint density at radius 1 is 1.08 bits per heavy atom. The van der Waals surface area contributed by atoms with Gasteiger partial charge in [-0.15, -0.1) is 0 Å². The molecule has 2 aromatic carbocycles. The molecule has 7 heteroatoms. The topological polar surface area (TPSA) is 86.0 Å². The zero-order chi connectivity index (χ0) is 26.6. The highest BCUT2D eigenvalue weighted by molar-refractivity contribution is 5.78. The van der Waals surface area contributed by atoms with E-state index in [1.54, 1.807) is 30.6 Å². The minimum absolute atomic E-state index is 0.0637. The van der Waals surface area contributed by atoms with Crippen molar-refractivity contribution in [1.29, 1.82) is 0 Å². The van der Waals surface area contributed by atoms with E-state index in [9.17, 15) is 4.79 Å². The first-order chi connectivity index (χ1) is 18.7. The van der Waals surface area contributed by atoms with E-state index in [4.69, 9.17) is 13.9 Å². The summed E-state index contributed by atoms with van der Waals surface area (Å²) in [5.41, 5.74) is 3.02. The van der Waals surface area contributed by atoms with Gasteiger partial charge in [0.15, 0.2) is 5.43 Å². The number of allylic oxidation sites excluding steroid dienone is 2. The predicted octanol–water partition coefficient (Wildman–Crippen LogP) is 5.74. The number of nitrogens with zero attached hydrogens (tertiary/aromatic N) is 2. The van der Waals surface area contributed by atoms with Crippen LogP contribution < -0.4 is 15.5 Å². The number of benzene rings is 2. The van der Waals surface area contributed by atoms with Gasteiger partial charge in [-0.3, -0.25) is 14.8 Å². The number of ether oxygens (including phenoxy) is 2. The standard InChI is InChI=1S/C31H31N3O4/c1-3-9-26(32-4-2)31(27-11-7-8-17-33-27)34-18-19-36-20-21-37-24-15-13-23(14-16-24)30-22-28(35)25-10-5-6-12-29(25)38-30/h3-17,22,31,34H,1,18-21H2,2H3/b26-9-,32-4-. The smallest absolute Gasteiger partial charge is 0.193 e. The summed E-state index contributed by atoms with van der Waals surface area (Å²) < 4.78 is 17.5. The predicted molar refractivity (Wildman–Crippen MR) is 152 cm³/mol. The third kappa shape index (κ3) is 7.12.